The fourth-order valence-electron chi connectivity index (χ4n) is 1.99. The van der Waals surface area contributed by atoms with E-state index in [4.69, 9.17) is 22.1 Å². The predicted molar refractivity (Wildman–Crippen MR) is 84.6 cm³/mol. The summed E-state index contributed by atoms with van der Waals surface area (Å²) < 4.78 is 5.94. The Kier molecular flexibility index (Phi) is 5.20. The Morgan fingerprint density at radius 1 is 1.24 bits per heavy atom. The van der Waals surface area contributed by atoms with Gasteiger partial charge in [-0.1, -0.05) is 41.9 Å². The summed E-state index contributed by atoms with van der Waals surface area (Å²) in [5.41, 5.74) is 7.23. The van der Waals surface area contributed by atoms with Crippen LogP contribution in [0.2, 0.25) is 5.02 Å². The van der Waals surface area contributed by atoms with E-state index >= 15 is 0 Å². The number of halogens is 1. The molecule has 5 heteroatoms. The van der Waals surface area contributed by atoms with Crippen molar-refractivity contribution >= 4 is 23.2 Å². The number of nitrogens with one attached hydrogen (secondary N) is 1. The first-order valence-electron chi connectivity index (χ1n) is 6.59. The second kappa shape index (κ2) is 7.11. The Bertz CT molecular complexity index is 631. The van der Waals surface area contributed by atoms with Gasteiger partial charge in [-0.3, -0.25) is 4.79 Å². The van der Waals surface area contributed by atoms with Crippen molar-refractivity contribution in [2.24, 2.45) is 5.73 Å². The van der Waals surface area contributed by atoms with Gasteiger partial charge >= 0.3 is 0 Å². The molecule has 4 nitrogen and oxygen atoms in total. The maximum atomic E-state index is 11.2. The molecule has 0 aliphatic heterocycles. The summed E-state index contributed by atoms with van der Waals surface area (Å²) in [4.78, 5) is 11.2. The summed E-state index contributed by atoms with van der Waals surface area (Å²) in [6, 6.07) is 14.6. The van der Waals surface area contributed by atoms with Crippen LogP contribution in [0.1, 0.15) is 18.6 Å². The largest absolute Gasteiger partial charge is 0.482 e. The van der Waals surface area contributed by atoms with Crippen LogP contribution in [0.25, 0.3) is 0 Å². The Hall–Kier alpha value is -2.04. The van der Waals surface area contributed by atoms with E-state index in [1.165, 1.54) is 6.92 Å². The molecule has 21 heavy (non-hydrogen) atoms. The van der Waals surface area contributed by atoms with Crippen LogP contribution in [0.4, 0.5) is 5.69 Å². The topological polar surface area (TPSA) is 64.3 Å². The van der Waals surface area contributed by atoms with E-state index in [1.807, 2.05) is 30.3 Å². The van der Waals surface area contributed by atoms with Crippen molar-refractivity contribution in [2.45, 2.75) is 13.0 Å². The summed E-state index contributed by atoms with van der Waals surface area (Å²) in [6.45, 7) is 1.73. The highest BCUT2D eigenvalue weighted by Gasteiger charge is 2.16. The molecule has 1 amide bonds. The van der Waals surface area contributed by atoms with Crippen molar-refractivity contribution in [3.8, 4) is 5.75 Å². The smallest absolute Gasteiger partial charge is 0.221 e. The molecule has 3 N–H and O–H groups in total. The summed E-state index contributed by atoms with van der Waals surface area (Å²) >= 11 is 6.18. The number of benzene rings is 2. The van der Waals surface area contributed by atoms with Crippen LogP contribution in [0.15, 0.2) is 48.5 Å². The van der Waals surface area contributed by atoms with Gasteiger partial charge in [-0.05, 0) is 18.2 Å². The molecule has 2 rings (SSSR count). The molecule has 1 unspecified atom stereocenters. The van der Waals surface area contributed by atoms with Crippen LogP contribution in [0, 0.1) is 0 Å². The lowest BCUT2D eigenvalue weighted by Gasteiger charge is -2.20. The zero-order chi connectivity index (χ0) is 15.2. The maximum Gasteiger partial charge on any atom is 0.221 e. The van der Waals surface area contributed by atoms with Crippen molar-refractivity contribution in [3.05, 3.63) is 59.1 Å². The van der Waals surface area contributed by atoms with Gasteiger partial charge in [0.1, 0.15) is 11.9 Å². The molecule has 1 atom stereocenters. The molecule has 0 aliphatic carbocycles. The molecular formula is C16H17ClN2O2. The standard InChI is InChI=1S/C16H17ClN2O2/c1-11(20)19-14-8-4-5-9-15(14)21-16(10-18)12-6-2-3-7-13(12)17/h2-9,16H,10,18H2,1H3,(H,19,20). The molecule has 0 saturated heterocycles. The Morgan fingerprint density at radius 3 is 2.57 bits per heavy atom. The van der Waals surface area contributed by atoms with E-state index in [0.717, 1.165) is 5.56 Å². The summed E-state index contributed by atoms with van der Waals surface area (Å²) in [6.07, 6.45) is -0.381. The van der Waals surface area contributed by atoms with Gasteiger partial charge in [0.15, 0.2) is 0 Å². The number of carbonyl (C=O) groups is 1. The summed E-state index contributed by atoms with van der Waals surface area (Å²) in [5.74, 6) is 0.399. The first-order chi connectivity index (χ1) is 10.1. The average Bonchev–Trinajstić information content (AvgIpc) is 2.47. The minimum Gasteiger partial charge on any atom is -0.482 e. The highest BCUT2D eigenvalue weighted by atomic mass is 35.5. The monoisotopic (exact) mass is 304 g/mol. The molecule has 2 aromatic carbocycles. The van der Waals surface area contributed by atoms with Gasteiger partial charge in [-0.2, -0.15) is 0 Å². The van der Waals surface area contributed by atoms with Gasteiger partial charge in [-0.15, -0.1) is 0 Å². The van der Waals surface area contributed by atoms with Crippen molar-refractivity contribution in [3.63, 3.8) is 0 Å². The van der Waals surface area contributed by atoms with E-state index in [2.05, 4.69) is 5.32 Å². The third kappa shape index (κ3) is 3.97. The highest BCUT2D eigenvalue weighted by molar-refractivity contribution is 6.31. The quantitative estimate of drug-likeness (QED) is 0.890. The second-order valence-electron chi connectivity index (χ2n) is 4.54. The molecular weight excluding hydrogens is 288 g/mol. The fraction of sp³-hybridized carbons (Fsp3) is 0.188. The molecule has 0 heterocycles. The molecule has 0 radical (unpaired) electrons. The van der Waals surface area contributed by atoms with Gasteiger partial charge in [0, 0.05) is 24.1 Å². The normalized spacial score (nSPS) is 11.8. The fourth-order valence-corrected chi connectivity index (χ4v) is 2.25. The van der Waals surface area contributed by atoms with Crippen LogP contribution in [0.3, 0.4) is 0 Å². The first kappa shape index (κ1) is 15.4. The molecule has 0 fully saturated rings. The van der Waals surface area contributed by atoms with E-state index in [-0.39, 0.29) is 18.6 Å². The van der Waals surface area contributed by atoms with E-state index < -0.39 is 0 Å². The minimum absolute atomic E-state index is 0.159. The third-order valence-corrected chi connectivity index (χ3v) is 3.28. The number of hydrogen-bond acceptors (Lipinski definition) is 3. The summed E-state index contributed by atoms with van der Waals surface area (Å²) in [7, 11) is 0. The number of nitrogens with two attached hydrogens (primary N) is 1. The molecule has 0 aliphatic rings. The molecule has 0 bridgehead atoms. The van der Waals surface area contributed by atoms with Crippen LogP contribution >= 0.6 is 11.6 Å². The maximum absolute atomic E-state index is 11.2. The highest BCUT2D eigenvalue weighted by Crippen LogP contribution is 2.31. The lowest BCUT2D eigenvalue weighted by Crippen LogP contribution is -2.19. The summed E-state index contributed by atoms with van der Waals surface area (Å²) in [5, 5.41) is 3.33. The minimum atomic E-state index is -0.381. The Labute approximate surface area is 128 Å². The molecule has 0 saturated carbocycles. The van der Waals surface area contributed by atoms with Crippen LogP contribution in [-0.4, -0.2) is 12.5 Å². The van der Waals surface area contributed by atoms with Gasteiger partial charge in [-0.25, -0.2) is 0 Å². The van der Waals surface area contributed by atoms with Gasteiger partial charge in [0.05, 0.1) is 5.69 Å². The predicted octanol–water partition coefficient (Wildman–Crippen LogP) is 3.38. The number of para-hydroxylation sites is 2. The van der Waals surface area contributed by atoms with Crippen molar-refractivity contribution in [1.82, 2.24) is 0 Å². The first-order valence-corrected chi connectivity index (χ1v) is 6.97. The Balaban J connectivity index is 2.27. The van der Waals surface area contributed by atoms with Gasteiger partial charge in [0.2, 0.25) is 5.91 Å². The van der Waals surface area contributed by atoms with E-state index in [0.29, 0.717) is 16.5 Å². The molecule has 110 valence electrons. The number of rotatable bonds is 5. The number of ether oxygens (including phenoxy) is 1. The zero-order valence-corrected chi connectivity index (χ0v) is 12.4. The van der Waals surface area contributed by atoms with Gasteiger partial charge in [0.25, 0.3) is 0 Å². The number of hydrogen-bond donors (Lipinski definition) is 2. The third-order valence-electron chi connectivity index (χ3n) is 2.93. The van der Waals surface area contributed by atoms with Crippen LogP contribution in [0.5, 0.6) is 5.75 Å². The van der Waals surface area contributed by atoms with Crippen molar-refractivity contribution in [1.29, 1.82) is 0 Å². The van der Waals surface area contributed by atoms with Crippen molar-refractivity contribution < 1.29 is 9.53 Å². The average molecular weight is 305 g/mol. The van der Waals surface area contributed by atoms with E-state index in [9.17, 15) is 4.79 Å². The zero-order valence-electron chi connectivity index (χ0n) is 11.7. The van der Waals surface area contributed by atoms with E-state index in [1.54, 1.807) is 18.2 Å². The lowest BCUT2D eigenvalue weighted by atomic mass is 10.1. The SMILES string of the molecule is CC(=O)Nc1ccccc1OC(CN)c1ccccc1Cl. The number of amides is 1. The molecule has 0 aromatic heterocycles. The number of carbonyl (C=O) groups excluding carboxylic acids is 1. The molecule has 2 aromatic rings. The van der Waals surface area contributed by atoms with Gasteiger partial charge < -0.3 is 15.8 Å². The Morgan fingerprint density at radius 2 is 1.90 bits per heavy atom. The van der Waals surface area contributed by atoms with Crippen LogP contribution < -0.4 is 15.8 Å². The number of anilines is 1. The lowest BCUT2D eigenvalue weighted by molar-refractivity contribution is -0.114. The van der Waals surface area contributed by atoms with Crippen molar-refractivity contribution in [2.75, 3.05) is 11.9 Å². The second-order valence-corrected chi connectivity index (χ2v) is 4.95. The van der Waals surface area contributed by atoms with Crippen LogP contribution in [-0.2, 0) is 4.79 Å². The molecule has 0 spiro atoms.